The lowest BCUT2D eigenvalue weighted by Gasteiger charge is -2.36. The molecule has 1 heterocycles. The highest BCUT2D eigenvalue weighted by atomic mass is 35.5. The van der Waals surface area contributed by atoms with E-state index in [9.17, 15) is 4.79 Å². The Morgan fingerprint density at radius 2 is 1.82 bits per heavy atom. The van der Waals surface area contributed by atoms with Crippen LogP contribution in [0.25, 0.3) is 0 Å². The van der Waals surface area contributed by atoms with Gasteiger partial charge in [-0.3, -0.25) is 9.69 Å². The van der Waals surface area contributed by atoms with Gasteiger partial charge < -0.3 is 9.64 Å². The summed E-state index contributed by atoms with van der Waals surface area (Å²) in [5, 5.41) is 0.763. The first-order valence-electron chi connectivity index (χ1n) is 10.1. The molecule has 1 unspecified atom stereocenters. The van der Waals surface area contributed by atoms with Gasteiger partial charge in [0.25, 0.3) is 5.91 Å². The minimum Gasteiger partial charge on any atom is -0.374 e. The third-order valence-electron chi connectivity index (χ3n) is 5.45. The summed E-state index contributed by atoms with van der Waals surface area (Å²) >= 11 is 5.99. The van der Waals surface area contributed by atoms with Crippen LogP contribution in [0.4, 0.5) is 0 Å². The molecule has 2 aromatic carbocycles. The molecule has 28 heavy (non-hydrogen) atoms. The third-order valence-corrected chi connectivity index (χ3v) is 5.70. The Labute approximate surface area is 172 Å². The van der Waals surface area contributed by atoms with Crippen LogP contribution in [0, 0.1) is 5.92 Å². The monoisotopic (exact) mass is 398 g/mol. The van der Waals surface area contributed by atoms with Crippen LogP contribution in [0.5, 0.6) is 0 Å². The van der Waals surface area contributed by atoms with E-state index in [1.807, 2.05) is 47.4 Å². The summed E-state index contributed by atoms with van der Waals surface area (Å²) in [4.78, 5) is 17.4. The predicted octanol–water partition coefficient (Wildman–Crippen LogP) is 4.09. The Morgan fingerprint density at radius 1 is 1.07 bits per heavy atom. The molecular formula is C23H27ClN2O2. The van der Waals surface area contributed by atoms with Gasteiger partial charge in [0.1, 0.15) is 0 Å². The van der Waals surface area contributed by atoms with Crippen LogP contribution in [-0.2, 0) is 11.3 Å². The summed E-state index contributed by atoms with van der Waals surface area (Å²) in [6, 6.07) is 17.6. The number of benzene rings is 2. The minimum atomic E-state index is 0.0486. The van der Waals surface area contributed by atoms with E-state index < -0.39 is 0 Å². The average Bonchev–Trinajstić information content (AvgIpc) is 3.54. The topological polar surface area (TPSA) is 32.8 Å². The predicted molar refractivity (Wildman–Crippen MR) is 112 cm³/mol. The van der Waals surface area contributed by atoms with Crippen molar-refractivity contribution in [1.29, 1.82) is 0 Å². The number of halogens is 1. The van der Waals surface area contributed by atoms with Gasteiger partial charge in [-0.05, 0) is 48.6 Å². The van der Waals surface area contributed by atoms with E-state index in [0.717, 1.165) is 36.8 Å². The smallest absolute Gasteiger partial charge is 0.253 e. The first kappa shape index (κ1) is 19.4. The molecule has 0 radical (unpaired) electrons. The van der Waals surface area contributed by atoms with Gasteiger partial charge in [0, 0.05) is 43.3 Å². The van der Waals surface area contributed by atoms with Crippen molar-refractivity contribution in [2.45, 2.75) is 25.5 Å². The zero-order valence-corrected chi connectivity index (χ0v) is 16.9. The molecule has 0 aromatic heterocycles. The zero-order chi connectivity index (χ0) is 19.3. The van der Waals surface area contributed by atoms with E-state index >= 15 is 0 Å². The van der Waals surface area contributed by atoms with Crippen molar-refractivity contribution in [3.8, 4) is 0 Å². The molecule has 2 aliphatic rings. The molecule has 4 rings (SSSR count). The molecule has 4 nitrogen and oxygen atoms in total. The van der Waals surface area contributed by atoms with Gasteiger partial charge in [0.05, 0.1) is 12.7 Å². The van der Waals surface area contributed by atoms with Crippen molar-refractivity contribution in [2.24, 2.45) is 5.92 Å². The van der Waals surface area contributed by atoms with E-state index in [1.165, 1.54) is 18.4 Å². The van der Waals surface area contributed by atoms with E-state index in [0.29, 0.717) is 19.1 Å². The fraction of sp³-hybridized carbons (Fsp3) is 0.435. The minimum absolute atomic E-state index is 0.0486. The molecule has 1 saturated carbocycles. The van der Waals surface area contributed by atoms with Crippen LogP contribution in [-0.4, -0.2) is 54.6 Å². The maximum Gasteiger partial charge on any atom is 0.253 e. The van der Waals surface area contributed by atoms with Crippen LogP contribution in [0.2, 0.25) is 5.02 Å². The van der Waals surface area contributed by atoms with Crippen molar-refractivity contribution >= 4 is 17.5 Å². The normalized spacial score (nSPS) is 20.1. The Hall–Kier alpha value is -1.88. The van der Waals surface area contributed by atoms with Crippen molar-refractivity contribution < 1.29 is 9.53 Å². The molecule has 0 bridgehead atoms. The van der Waals surface area contributed by atoms with Crippen LogP contribution in [0.3, 0.4) is 0 Å². The van der Waals surface area contributed by atoms with E-state index in [2.05, 4.69) is 17.0 Å². The maximum atomic E-state index is 13.0. The molecule has 1 atom stereocenters. The van der Waals surface area contributed by atoms with Crippen LogP contribution < -0.4 is 0 Å². The highest BCUT2D eigenvalue weighted by molar-refractivity contribution is 6.30. The highest BCUT2D eigenvalue weighted by Crippen LogP contribution is 2.30. The number of amides is 1. The van der Waals surface area contributed by atoms with Gasteiger partial charge in [-0.15, -0.1) is 0 Å². The van der Waals surface area contributed by atoms with Crippen LogP contribution >= 0.6 is 11.6 Å². The second kappa shape index (κ2) is 9.08. The molecule has 0 N–H and O–H groups in total. The van der Waals surface area contributed by atoms with Gasteiger partial charge in [-0.25, -0.2) is 0 Å². The molecular weight excluding hydrogens is 372 g/mol. The number of hydrogen-bond acceptors (Lipinski definition) is 3. The quantitative estimate of drug-likeness (QED) is 0.704. The van der Waals surface area contributed by atoms with E-state index in [4.69, 9.17) is 16.3 Å². The molecule has 148 valence electrons. The van der Waals surface area contributed by atoms with Gasteiger partial charge in [-0.1, -0.05) is 41.9 Å². The maximum absolute atomic E-state index is 13.0. The number of nitrogens with zero attached hydrogens (tertiary/aromatic N) is 2. The van der Waals surface area contributed by atoms with Crippen molar-refractivity contribution in [1.82, 2.24) is 9.80 Å². The fourth-order valence-corrected chi connectivity index (χ4v) is 3.87. The summed E-state index contributed by atoms with van der Waals surface area (Å²) in [6.07, 6.45) is 2.51. The number of hydrogen-bond donors (Lipinski definition) is 0. The fourth-order valence-electron chi connectivity index (χ4n) is 3.74. The Bertz CT molecular complexity index is 777. The van der Waals surface area contributed by atoms with E-state index in [1.54, 1.807) is 0 Å². The molecule has 1 aliphatic heterocycles. The second-order valence-corrected chi connectivity index (χ2v) is 8.31. The zero-order valence-electron chi connectivity index (χ0n) is 16.1. The number of carbonyl (C=O) groups is 1. The summed E-state index contributed by atoms with van der Waals surface area (Å²) in [5.41, 5.74) is 2.01. The lowest BCUT2D eigenvalue weighted by atomic mass is 10.1. The molecule has 0 spiro atoms. The van der Waals surface area contributed by atoms with Crippen LogP contribution in [0.15, 0.2) is 54.6 Å². The largest absolute Gasteiger partial charge is 0.374 e. The Balaban J connectivity index is 1.38. The van der Waals surface area contributed by atoms with Gasteiger partial charge in [-0.2, -0.15) is 0 Å². The number of rotatable bonds is 7. The number of carbonyl (C=O) groups excluding carboxylic acids is 1. The van der Waals surface area contributed by atoms with Crippen molar-refractivity contribution in [3.05, 3.63) is 70.7 Å². The van der Waals surface area contributed by atoms with Crippen molar-refractivity contribution in [2.75, 3.05) is 32.8 Å². The second-order valence-electron chi connectivity index (χ2n) is 7.87. The molecule has 2 aromatic rings. The highest BCUT2D eigenvalue weighted by Gasteiger charge is 2.30. The summed E-state index contributed by atoms with van der Waals surface area (Å²) < 4.78 is 6.03. The molecule has 1 aliphatic carbocycles. The molecule has 5 heteroatoms. The summed E-state index contributed by atoms with van der Waals surface area (Å²) in [5.74, 6) is 0.771. The van der Waals surface area contributed by atoms with Gasteiger partial charge >= 0.3 is 0 Å². The molecule has 1 saturated heterocycles. The average molecular weight is 399 g/mol. The first-order chi connectivity index (χ1) is 13.7. The number of morpholine rings is 1. The van der Waals surface area contributed by atoms with Gasteiger partial charge in [0.15, 0.2) is 0 Å². The number of ether oxygens (including phenoxy) is 1. The standard InChI is InChI=1S/C23H27ClN2O2/c24-21-10-8-18(9-11-21)14-25-12-13-28-22(16-25)17-26(15-19-6-7-19)23(27)20-4-2-1-3-5-20/h1-5,8-11,19,22H,6-7,12-17H2. The lowest BCUT2D eigenvalue weighted by molar-refractivity contribution is -0.0433. The third kappa shape index (κ3) is 5.34. The SMILES string of the molecule is O=C(c1ccccc1)N(CC1CC1)CC1CN(Cc2ccc(Cl)cc2)CCO1. The van der Waals surface area contributed by atoms with Crippen molar-refractivity contribution in [3.63, 3.8) is 0 Å². The van der Waals surface area contributed by atoms with E-state index in [-0.39, 0.29) is 12.0 Å². The first-order valence-corrected chi connectivity index (χ1v) is 10.5. The molecule has 1 amide bonds. The van der Waals surface area contributed by atoms with Crippen LogP contribution in [0.1, 0.15) is 28.8 Å². The molecule has 2 fully saturated rings. The summed E-state index contributed by atoms with van der Waals surface area (Å²) in [7, 11) is 0. The Morgan fingerprint density at radius 3 is 2.54 bits per heavy atom. The summed E-state index contributed by atoms with van der Waals surface area (Å²) in [6.45, 7) is 4.83. The van der Waals surface area contributed by atoms with Gasteiger partial charge in [0.2, 0.25) is 0 Å². The lowest BCUT2D eigenvalue weighted by Crippen LogP contribution is -2.49. The Kier molecular flexibility index (Phi) is 6.30.